The summed E-state index contributed by atoms with van der Waals surface area (Å²) in [4.78, 5) is 17.3. The molecule has 6 atom stereocenters. The first-order valence-electron chi connectivity index (χ1n) is 13.8. The van der Waals surface area contributed by atoms with E-state index < -0.39 is 0 Å². The van der Waals surface area contributed by atoms with E-state index >= 15 is 0 Å². The number of hydrogen-bond acceptors (Lipinski definition) is 3. The van der Waals surface area contributed by atoms with Gasteiger partial charge in [-0.3, -0.25) is 9.78 Å². The molecule has 1 aliphatic heterocycles. The van der Waals surface area contributed by atoms with Gasteiger partial charge in [0, 0.05) is 24.4 Å². The number of rotatable bonds is 3. The molecular formula is C30H41N3O. The molecule has 2 saturated carbocycles. The van der Waals surface area contributed by atoms with Gasteiger partial charge in [-0.25, -0.2) is 0 Å². The number of nitrogens with one attached hydrogen (secondary N) is 2. The number of amides is 1. The molecule has 4 heteroatoms. The smallest absolute Gasteiger partial charge is 0.223 e. The van der Waals surface area contributed by atoms with Gasteiger partial charge < -0.3 is 10.6 Å². The van der Waals surface area contributed by atoms with Crippen molar-refractivity contribution in [1.82, 2.24) is 15.6 Å². The molecule has 1 saturated heterocycles. The third-order valence-corrected chi connectivity index (χ3v) is 10.7. The summed E-state index contributed by atoms with van der Waals surface area (Å²) >= 11 is 0. The van der Waals surface area contributed by atoms with Crippen molar-refractivity contribution in [3.05, 3.63) is 47.8 Å². The topological polar surface area (TPSA) is 54.0 Å². The quantitative estimate of drug-likeness (QED) is 0.585. The number of piperidine rings is 1. The van der Waals surface area contributed by atoms with E-state index in [0.717, 1.165) is 56.5 Å². The van der Waals surface area contributed by atoms with E-state index in [-0.39, 0.29) is 11.3 Å². The number of fused-ring (bicyclic) bond motifs is 5. The van der Waals surface area contributed by atoms with E-state index in [4.69, 9.17) is 0 Å². The van der Waals surface area contributed by atoms with Gasteiger partial charge in [-0.1, -0.05) is 37.6 Å². The summed E-state index contributed by atoms with van der Waals surface area (Å²) in [5, 5.41) is 6.83. The number of aromatic nitrogens is 1. The molecule has 182 valence electrons. The summed E-state index contributed by atoms with van der Waals surface area (Å²) in [6.45, 7) is 7.06. The van der Waals surface area contributed by atoms with Crippen LogP contribution in [-0.4, -0.2) is 30.0 Å². The minimum Gasteiger partial charge on any atom is -0.353 e. The standard InChI is InChI=1S/C30H41N3O/c1-29-13-9-23(33-28(34)20-11-16-31-17-12-20)18-22(29)5-6-24-26-8-7-25(21-4-3-15-32-19-21)30(26,2)14-10-27(24)29/h3-5,7,15,19-20,23-24,26-27,31H,6,8-14,16-18H2,1-2H3,(H,33,34)/t23-,24-,26-,27-,29-,30+/m0/s1. The Balaban J connectivity index is 1.17. The third-order valence-electron chi connectivity index (χ3n) is 10.7. The second-order valence-electron chi connectivity index (χ2n) is 12.3. The van der Waals surface area contributed by atoms with Crippen LogP contribution in [0, 0.1) is 34.5 Å². The zero-order valence-electron chi connectivity index (χ0n) is 21.0. The molecule has 1 aromatic heterocycles. The van der Waals surface area contributed by atoms with Gasteiger partial charge in [-0.15, -0.1) is 0 Å². The lowest BCUT2D eigenvalue weighted by molar-refractivity contribution is -0.126. The molecule has 1 amide bonds. The van der Waals surface area contributed by atoms with Crippen LogP contribution in [0.1, 0.15) is 77.2 Å². The predicted molar refractivity (Wildman–Crippen MR) is 137 cm³/mol. The van der Waals surface area contributed by atoms with Crippen LogP contribution in [0.25, 0.3) is 5.57 Å². The minimum atomic E-state index is 0.208. The van der Waals surface area contributed by atoms with Crippen molar-refractivity contribution in [3.63, 3.8) is 0 Å². The van der Waals surface area contributed by atoms with Gasteiger partial charge in [0.15, 0.2) is 0 Å². The molecule has 6 rings (SSSR count). The fourth-order valence-corrected chi connectivity index (χ4v) is 8.72. The van der Waals surface area contributed by atoms with Crippen molar-refractivity contribution < 1.29 is 4.79 Å². The third kappa shape index (κ3) is 3.59. The Morgan fingerprint density at radius 3 is 2.65 bits per heavy atom. The lowest BCUT2D eigenvalue weighted by Crippen LogP contribution is -2.52. The van der Waals surface area contributed by atoms with Gasteiger partial charge >= 0.3 is 0 Å². The van der Waals surface area contributed by atoms with Crippen LogP contribution in [0.5, 0.6) is 0 Å². The maximum Gasteiger partial charge on any atom is 0.223 e. The molecule has 4 nitrogen and oxygen atoms in total. The second-order valence-corrected chi connectivity index (χ2v) is 12.3. The van der Waals surface area contributed by atoms with E-state index in [1.54, 1.807) is 11.1 Å². The summed E-state index contributed by atoms with van der Waals surface area (Å²) in [6, 6.07) is 4.66. The first-order chi connectivity index (χ1) is 16.5. The molecule has 0 bridgehead atoms. The molecule has 0 unspecified atom stereocenters. The van der Waals surface area contributed by atoms with Gasteiger partial charge in [0.05, 0.1) is 0 Å². The Morgan fingerprint density at radius 1 is 1.03 bits per heavy atom. The monoisotopic (exact) mass is 459 g/mol. The molecule has 34 heavy (non-hydrogen) atoms. The molecule has 2 N–H and O–H groups in total. The van der Waals surface area contributed by atoms with Crippen LogP contribution in [0.2, 0.25) is 0 Å². The molecule has 5 aliphatic rings. The molecule has 1 aromatic rings. The highest BCUT2D eigenvalue weighted by molar-refractivity contribution is 5.79. The molecule has 0 radical (unpaired) electrons. The Kier molecular flexibility index (Phi) is 5.71. The molecule has 3 fully saturated rings. The van der Waals surface area contributed by atoms with Crippen molar-refractivity contribution in [3.8, 4) is 0 Å². The first kappa shape index (κ1) is 22.5. The van der Waals surface area contributed by atoms with Crippen molar-refractivity contribution in [1.29, 1.82) is 0 Å². The molecule has 4 aliphatic carbocycles. The highest BCUT2D eigenvalue weighted by atomic mass is 16.1. The fraction of sp³-hybridized carbons (Fsp3) is 0.667. The van der Waals surface area contributed by atoms with E-state index in [1.165, 1.54) is 37.7 Å². The maximum absolute atomic E-state index is 12.9. The molecule has 0 spiro atoms. The maximum atomic E-state index is 12.9. The van der Waals surface area contributed by atoms with Crippen LogP contribution < -0.4 is 10.6 Å². The van der Waals surface area contributed by atoms with Gasteiger partial charge in [0.2, 0.25) is 5.91 Å². The summed E-state index contributed by atoms with van der Waals surface area (Å²) in [5.74, 6) is 2.82. The van der Waals surface area contributed by atoms with E-state index in [0.29, 0.717) is 17.4 Å². The number of hydrogen-bond donors (Lipinski definition) is 2. The summed E-state index contributed by atoms with van der Waals surface area (Å²) in [7, 11) is 0. The Labute approximate surface area is 205 Å². The zero-order valence-corrected chi connectivity index (χ0v) is 21.0. The number of pyridine rings is 1. The van der Waals surface area contributed by atoms with Crippen molar-refractivity contribution >= 4 is 11.5 Å². The SMILES string of the molecule is C[C@]12CC[C@H](NC(=O)C3CCNCC3)CC1=CC[C@@H]1[C@@H]2CC[C@]2(C)C(c3cccnc3)=CC[C@@H]12. The van der Waals surface area contributed by atoms with Crippen molar-refractivity contribution in [2.75, 3.05) is 13.1 Å². The minimum absolute atomic E-state index is 0.208. The number of carbonyl (C=O) groups is 1. The molecular weight excluding hydrogens is 418 g/mol. The lowest BCUT2D eigenvalue weighted by Gasteiger charge is -2.58. The van der Waals surface area contributed by atoms with E-state index in [9.17, 15) is 4.79 Å². The Bertz CT molecular complexity index is 994. The normalized spacial score (nSPS) is 39.8. The highest BCUT2D eigenvalue weighted by Crippen LogP contribution is 2.66. The van der Waals surface area contributed by atoms with Crippen molar-refractivity contribution in [2.24, 2.45) is 34.5 Å². The van der Waals surface area contributed by atoms with Crippen LogP contribution >= 0.6 is 0 Å². The second kappa shape index (κ2) is 8.62. The average Bonchev–Trinajstić information content (AvgIpc) is 3.22. The van der Waals surface area contributed by atoms with Gasteiger partial charge in [-0.05, 0) is 117 Å². The van der Waals surface area contributed by atoms with Gasteiger partial charge in [-0.2, -0.15) is 0 Å². The largest absolute Gasteiger partial charge is 0.353 e. The van der Waals surface area contributed by atoms with Crippen LogP contribution in [0.3, 0.4) is 0 Å². The van der Waals surface area contributed by atoms with Gasteiger partial charge in [0.1, 0.15) is 0 Å². The lowest BCUT2D eigenvalue weighted by atomic mass is 9.47. The number of allylic oxidation sites excluding steroid dienone is 3. The Morgan fingerprint density at radius 2 is 1.85 bits per heavy atom. The molecule has 0 aromatic carbocycles. The average molecular weight is 460 g/mol. The summed E-state index contributed by atoms with van der Waals surface area (Å²) in [6.07, 6.45) is 19.5. The van der Waals surface area contributed by atoms with Gasteiger partial charge in [0.25, 0.3) is 0 Å². The first-order valence-corrected chi connectivity index (χ1v) is 13.8. The summed E-state index contributed by atoms with van der Waals surface area (Å²) in [5.41, 5.74) is 5.13. The Hall–Kier alpha value is -1.94. The van der Waals surface area contributed by atoms with Crippen LogP contribution in [0.15, 0.2) is 42.3 Å². The van der Waals surface area contributed by atoms with Crippen molar-refractivity contribution in [2.45, 2.75) is 77.7 Å². The van der Waals surface area contributed by atoms with E-state index in [1.807, 2.05) is 6.20 Å². The molecule has 2 heterocycles. The number of nitrogens with zero attached hydrogens (tertiary/aromatic N) is 1. The highest BCUT2D eigenvalue weighted by Gasteiger charge is 2.56. The van der Waals surface area contributed by atoms with Crippen LogP contribution in [0.4, 0.5) is 0 Å². The predicted octanol–water partition coefficient (Wildman–Crippen LogP) is 5.52. The summed E-state index contributed by atoms with van der Waals surface area (Å²) < 4.78 is 0. The van der Waals surface area contributed by atoms with Crippen LogP contribution in [-0.2, 0) is 4.79 Å². The van der Waals surface area contributed by atoms with E-state index in [2.05, 4.69) is 59.9 Å². The number of carbonyl (C=O) groups excluding carboxylic acids is 1. The zero-order chi connectivity index (χ0) is 23.3. The fourth-order valence-electron chi connectivity index (χ4n) is 8.72.